The van der Waals surface area contributed by atoms with Crippen LogP contribution in [0.4, 0.5) is 0 Å². The second-order valence-electron chi connectivity index (χ2n) is 6.35. The normalized spacial score (nSPS) is 16.5. The molecule has 0 bridgehead atoms. The second kappa shape index (κ2) is 8.30. The summed E-state index contributed by atoms with van der Waals surface area (Å²) in [6, 6.07) is 13.2. The predicted molar refractivity (Wildman–Crippen MR) is 102 cm³/mol. The van der Waals surface area contributed by atoms with Crippen molar-refractivity contribution < 1.29 is 13.2 Å². The molecule has 1 aliphatic heterocycles. The highest BCUT2D eigenvalue weighted by atomic mass is 32.2. The zero-order valence-corrected chi connectivity index (χ0v) is 16.4. The second-order valence-corrected chi connectivity index (χ2v) is 9.46. The number of rotatable bonds is 6. The van der Waals surface area contributed by atoms with Crippen LogP contribution >= 0.6 is 11.3 Å². The van der Waals surface area contributed by atoms with E-state index in [1.165, 1.54) is 15.6 Å². The summed E-state index contributed by atoms with van der Waals surface area (Å²) >= 11 is 1.24. The molecule has 1 amide bonds. The van der Waals surface area contributed by atoms with Crippen LogP contribution in [-0.4, -0.2) is 68.2 Å². The summed E-state index contributed by atoms with van der Waals surface area (Å²) in [6.07, 6.45) is 0. The van der Waals surface area contributed by atoms with Crippen molar-refractivity contribution in [2.45, 2.75) is 10.8 Å². The van der Waals surface area contributed by atoms with Crippen LogP contribution in [0.25, 0.3) is 0 Å². The Morgan fingerprint density at radius 1 is 1.08 bits per heavy atom. The predicted octanol–water partition coefficient (Wildman–Crippen LogP) is 1.71. The number of hydrogen-bond donors (Lipinski definition) is 0. The van der Waals surface area contributed by atoms with Crippen molar-refractivity contribution in [1.29, 1.82) is 0 Å². The summed E-state index contributed by atoms with van der Waals surface area (Å²) < 4.78 is 26.9. The molecule has 3 rings (SSSR count). The Morgan fingerprint density at radius 2 is 1.77 bits per heavy atom. The molecule has 0 atom stereocenters. The standard InChI is InChI=1S/C18H23N3O3S2/c1-19(14-16-6-3-2-4-7-16)17(22)15-20-9-11-21(12-10-20)26(23,24)18-8-5-13-25-18/h2-8,13H,9-12,14-15H2,1H3. The number of carbonyl (C=O) groups excluding carboxylic acids is 1. The Bertz CT molecular complexity index is 815. The first-order valence-electron chi connectivity index (χ1n) is 8.51. The van der Waals surface area contributed by atoms with Crippen LogP contribution in [0.5, 0.6) is 0 Å². The van der Waals surface area contributed by atoms with E-state index in [1.54, 1.807) is 29.5 Å². The summed E-state index contributed by atoms with van der Waals surface area (Å²) in [5, 5.41) is 1.77. The monoisotopic (exact) mass is 393 g/mol. The Hall–Kier alpha value is -1.74. The Balaban J connectivity index is 1.50. The fourth-order valence-electron chi connectivity index (χ4n) is 2.92. The first-order valence-corrected chi connectivity index (χ1v) is 10.8. The van der Waals surface area contributed by atoms with Gasteiger partial charge < -0.3 is 4.90 Å². The molecule has 2 heterocycles. The minimum absolute atomic E-state index is 0.0448. The summed E-state index contributed by atoms with van der Waals surface area (Å²) in [5.74, 6) is 0.0448. The molecule has 0 N–H and O–H groups in total. The van der Waals surface area contributed by atoms with E-state index in [9.17, 15) is 13.2 Å². The fraction of sp³-hybridized carbons (Fsp3) is 0.389. The highest BCUT2D eigenvalue weighted by Gasteiger charge is 2.29. The maximum absolute atomic E-state index is 12.5. The van der Waals surface area contributed by atoms with Crippen LogP contribution < -0.4 is 0 Å². The van der Waals surface area contributed by atoms with Gasteiger partial charge >= 0.3 is 0 Å². The zero-order valence-electron chi connectivity index (χ0n) is 14.7. The average molecular weight is 394 g/mol. The smallest absolute Gasteiger partial charge is 0.252 e. The summed E-state index contributed by atoms with van der Waals surface area (Å²) in [5.41, 5.74) is 1.09. The Morgan fingerprint density at radius 3 is 2.38 bits per heavy atom. The van der Waals surface area contributed by atoms with Gasteiger partial charge in [-0.3, -0.25) is 9.69 Å². The van der Waals surface area contributed by atoms with Gasteiger partial charge in [0.1, 0.15) is 4.21 Å². The molecule has 1 fully saturated rings. The Labute approximate surface area is 158 Å². The van der Waals surface area contributed by atoms with Crippen molar-refractivity contribution in [2.75, 3.05) is 39.8 Å². The summed E-state index contributed by atoms with van der Waals surface area (Å²) in [7, 11) is -1.60. The van der Waals surface area contributed by atoms with Gasteiger partial charge in [-0.15, -0.1) is 11.3 Å². The quantitative estimate of drug-likeness (QED) is 0.750. The number of nitrogens with zero attached hydrogens (tertiary/aromatic N) is 3. The molecule has 1 saturated heterocycles. The number of sulfonamides is 1. The van der Waals surface area contributed by atoms with Crippen LogP contribution in [0.2, 0.25) is 0 Å². The molecular weight excluding hydrogens is 370 g/mol. The third kappa shape index (κ3) is 4.50. The number of thiophene rings is 1. The van der Waals surface area contributed by atoms with Crippen molar-refractivity contribution >= 4 is 27.3 Å². The van der Waals surface area contributed by atoms with Crippen LogP contribution in [0, 0.1) is 0 Å². The molecule has 1 aromatic carbocycles. The van der Waals surface area contributed by atoms with E-state index in [4.69, 9.17) is 0 Å². The van der Waals surface area contributed by atoms with E-state index in [1.807, 2.05) is 35.2 Å². The lowest BCUT2D eigenvalue weighted by molar-refractivity contribution is -0.131. The van der Waals surface area contributed by atoms with Crippen molar-refractivity contribution in [3.05, 3.63) is 53.4 Å². The highest BCUT2D eigenvalue weighted by Crippen LogP contribution is 2.22. The van der Waals surface area contributed by atoms with E-state index < -0.39 is 10.0 Å². The molecule has 6 nitrogen and oxygen atoms in total. The summed E-state index contributed by atoms with van der Waals surface area (Å²) in [6.45, 7) is 2.85. The highest BCUT2D eigenvalue weighted by molar-refractivity contribution is 7.91. The van der Waals surface area contributed by atoms with E-state index in [2.05, 4.69) is 0 Å². The first kappa shape index (κ1) is 19.0. The van der Waals surface area contributed by atoms with E-state index in [-0.39, 0.29) is 5.91 Å². The molecule has 2 aromatic rings. The molecule has 0 unspecified atom stereocenters. The maximum Gasteiger partial charge on any atom is 0.252 e. The lowest BCUT2D eigenvalue weighted by Gasteiger charge is -2.34. The third-order valence-electron chi connectivity index (χ3n) is 4.47. The largest absolute Gasteiger partial charge is 0.340 e. The molecule has 8 heteroatoms. The van der Waals surface area contributed by atoms with Crippen molar-refractivity contribution in [3.8, 4) is 0 Å². The molecular formula is C18H23N3O3S2. The number of benzene rings is 1. The van der Waals surface area contributed by atoms with Crippen LogP contribution in [0.1, 0.15) is 5.56 Å². The molecule has 0 saturated carbocycles. The lowest BCUT2D eigenvalue weighted by Crippen LogP contribution is -2.51. The van der Waals surface area contributed by atoms with Gasteiger partial charge in [0.25, 0.3) is 10.0 Å². The van der Waals surface area contributed by atoms with Gasteiger partial charge in [0.15, 0.2) is 0 Å². The minimum atomic E-state index is -3.40. The van der Waals surface area contributed by atoms with Crippen LogP contribution in [0.3, 0.4) is 0 Å². The number of amides is 1. The fourth-order valence-corrected chi connectivity index (χ4v) is 5.49. The number of piperazine rings is 1. The molecule has 0 radical (unpaired) electrons. The SMILES string of the molecule is CN(Cc1ccccc1)C(=O)CN1CCN(S(=O)(=O)c2cccs2)CC1. The zero-order chi connectivity index (χ0) is 18.6. The average Bonchev–Trinajstić information content (AvgIpc) is 3.18. The molecule has 140 valence electrons. The van der Waals surface area contributed by atoms with E-state index in [0.29, 0.717) is 43.5 Å². The van der Waals surface area contributed by atoms with Crippen LogP contribution in [0.15, 0.2) is 52.1 Å². The van der Waals surface area contributed by atoms with E-state index >= 15 is 0 Å². The summed E-state index contributed by atoms with van der Waals surface area (Å²) in [4.78, 5) is 16.2. The Kier molecular flexibility index (Phi) is 6.08. The van der Waals surface area contributed by atoms with Crippen LogP contribution in [-0.2, 0) is 21.4 Å². The number of likely N-dealkylation sites (N-methyl/N-ethyl adjacent to an activating group) is 1. The van der Waals surface area contributed by atoms with Gasteiger partial charge in [-0.05, 0) is 17.0 Å². The van der Waals surface area contributed by atoms with Gasteiger partial charge in [-0.1, -0.05) is 36.4 Å². The lowest BCUT2D eigenvalue weighted by atomic mass is 10.2. The number of hydrogen-bond acceptors (Lipinski definition) is 5. The third-order valence-corrected chi connectivity index (χ3v) is 7.74. The topological polar surface area (TPSA) is 60.9 Å². The van der Waals surface area contributed by atoms with Gasteiger partial charge in [0.2, 0.25) is 5.91 Å². The molecule has 26 heavy (non-hydrogen) atoms. The molecule has 0 aliphatic carbocycles. The number of carbonyl (C=O) groups is 1. The first-order chi connectivity index (χ1) is 12.5. The maximum atomic E-state index is 12.5. The molecule has 0 spiro atoms. The van der Waals surface area contributed by atoms with Gasteiger partial charge in [-0.2, -0.15) is 4.31 Å². The molecule has 1 aromatic heterocycles. The van der Waals surface area contributed by atoms with E-state index in [0.717, 1.165) is 5.56 Å². The van der Waals surface area contributed by atoms with Gasteiger partial charge in [0, 0.05) is 39.8 Å². The molecule has 1 aliphatic rings. The van der Waals surface area contributed by atoms with Crippen molar-refractivity contribution in [2.24, 2.45) is 0 Å². The van der Waals surface area contributed by atoms with Crippen molar-refractivity contribution in [3.63, 3.8) is 0 Å². The van der Waals surface area contributed by atoms with Gasteiger partial charge in [0.05, 0.1) is 6.54 Å². The van der Waals surface area contributed by atoms with Gasteiger partial charge in [-0.25, -0.2) is 8.42 Å². The van der Waals surface area contributed by atoms with Crippen molar-refractivity contribution in [1.82, 2.24) is 14.1 Å². The minimum Gasteiger partial charge on any atom is -0.340 e.